The molecule has 2 aromatic heterocycles. The Bertz CT molecular complexity index is 752. The van der Waals surface area contributed by atoms with Crippen LogP contribution in [0.1, 0.15) is 46.4 Å². The number of hydrogen-bond acceptors (Lipinski definition) is 4. The lowest BCUT2D eigenvalue weighted by Gasteiger charge is -2.35. The van der Waals surface area contributed by atoms with Crippen molar-refractivity contribution in [3.8, 4) is 0 Å². The summed E-state index contributed by atoms with van der Waals surface area (Å²) in [7, 11) is 0. The summed E-state index contributed by atoms with van der Waals surface area (Å²) in [5.74, 6) is 0.180. The fourth-order valence-electron chi connectivity index (χ4n) is 3.04. The van der Waals surface area contributed by atoms with Gasteiger partial charge in [-0.2, -0.15) is 0 Å². The van der Waals surface area contributed by atoms with Crippen molar-refractivity contribution in [1.82, 2.24) is 19.5 Å². The lowest BCUT2D eigenvalue weighted by atomic mass is 9.98. The summed E-state index contributed by atoms with van der Waals surface area (Å²) in [6.45, 7) is 8.00. The third kappa shape index (κ3) is 2.75. The third-order valence-electron chi connectivity index (χ3n) is 4.10. The van der Waals surface area contributed by atoms with Gasteiger partial charge in [-0.25, -0.2) is 9.18 Å². The van der Waals surface area contributed by atoms with Gasteiger partial charge < -0.3 is 4.74 Å². The Morgan fingerprint density at radius 1 is 1.35 bits per heavy atom. The molecule has 0 saturated carbocycles. The van der Waals surface area contributed by atoms with Crippen molar-refractivity contribution >= 4 is 11.7 Å². The van der Waals surface area contributed by atoms with E-state index in [2.05, 4.69) is 10.2 Å². The van der Waals surface area contributed by atoms with Crippen molar-refractivity contribution in [2.45, 2.75) is 51.7 Å². The van der Waals surface area contributed by atoms with Gasteiger partial charge >= 0.3 is 6.09 Å². The second-order valence-corrected chi connectivity index (χ2v) is 7.11. The molecule has 6 nitrogen and oxygen atoms in total. The van der Waals surface area contributed by atoms with Gasteiger partial charge in [0.05, 0.1) is 0 Å². The molecule has 1 fully saturated rings. The highest BCUT2D eigenvalue weighted by atomic mass is 19.1. The molecule has 0 radical (unpaired) electrons. The van der Waals surface area contributed by atoms with Gasteiger partial charge in [-0.3, -0.25) is 9.30 Å². The third-order valence-corrected chi connectivity index (χ3v) is 4.10. The number of carbonyl (C=O) groups is 1. The summed E-state index contributed by atoms with van der Waals surface area (Å²) in [5.41, 5.74) is -0.687. The van der Waals surface area contributed by atoms with Crippen LogP contribution in [0.5, 0.6) is 0 Å². The Morgan fingerprint density at radius 2 is 2.09 bits per heavy atom. The van der Waals surface area contributed by atoms with Gasteiger partial charge in [-0.1, -0.05) is 0 Å². The molecule has 0 aromatic carbocycles. The fourth-order valence-corrected chi connectivity index (χ4v) is 3.04. The van der Waals surface area contributed by atoms with Gasteiger partial charge in [0.1, 0.15) is 17.0 Å². The number of likely N-dealkylation sites (tertiary alicyclic amines) is 1. The van der Waals surface area contributed by atoms with Crippen molar-refractivity contribution < 1.29 is 13.9 Å². The lowest BCUT2D eigenvalue weighted by molar-refractivity contribution is 0.00838. The van der Waals surface area contributed by atoms with E-state index in [1.807, 2.05) is 27.7 Å². The first-order chi connectivity index (χ1) is 10.7. The van der Waals surface area contributed by atoms with Gasteiger partial charge in [0.2, 0.25) is 0 Å². The first-order valence-corrected chi connectivity index (χ1v) is 7.72. The number of pyridine rings is 1. The zero-order chi connectivity index (χ0) is 16.8. The molecule has 3 rings (SSSR count). The van der Waals surface area contributed by atoms with Crippen molar-refractivity contribution in [2.24, 2.45) is 0 Å². The number of halogens is 1. The van der Waals surface area contributed by atoms with Gasteiger partial charge in [0.25, 0.3) is 0 Å². The highest BCUT2D eigenvalue weighted by molar-refractivity contribution is 5.70. The molecule has 1 amide bonds. The van der Waals surface area contributed by atoms with Crippen LogP contribution in [0.2, 0.25) is 0 Å². The summed E-state index contributed by atoms with van der Waals surface area (Å²) < 4.78 is 20.7. The summed E-state index contributed by atoms with van der Waals surface area (Å²) in [6.07, 6.45) is 2.52. The molecule has 0 bridgehead atoms. The molecule has 1 aliphatic rings. The predicted octanol–water partition coefficient (Wildman–Crippen LogP) is 3.11. The SMILES string of the molecule is CC(C)(C)OC(=O)N1CCC[C@@]1(C)c1nnc2ccc(F)cn12. The van der Waals surface area contributed by atoms with Crippen LogP contribution in [-0.4, -0.2) is 37.7 Å². The van der Waals surface area contributed by atoms with Crippen LogP contribution in [0.3, 0.4) is 0 Å². The number of nitrogens with zero attached hydrogens (tertiary/aromatic N) is 4. The number of fused-ring (bicyclic) bond motifs is 1. The van der Waals surface area contributed by atoms with E-state index in [9.17, 15) is 9.18 Å². The summed E-state index contributed by atoms with van der Waals surface area (Å²) in [6, 6.07) is 2.92. The second-order valence-electron chi connectivity index (χ2n) is 7.11. The normalized spacial score (nSPS) is 21.9. The molecule has 0 spiro atoms. The van der Waals surface area contributed by atoms with E-state index in [1.165, 1.54) is 12.3 Å². The van der Waals surface area contributed by atoms with Gasteiger partial charge in [-0.05, 0) is 52.7 Å². The number of aromatic nitrogens is 3. The van der Waals surface area contributed by atoms with Crippen LogP contribution in [0.25, 0.3) is 5.65 Å². The zero-order valence-electron chi connectivity index (χ0n) is 13.8. The average molecular weight is 320 g/mol. The molecule has 0 aliphatic carbocycles. The Labute approximate surface area is 134 Å². The van der Waals surface area contributed by atoms with Crippen LogP contribution in [0, 0.1) is 5.82 Å². The maximum atomic E-state index is 13.6. The first kappa shape index (κ1) is 15.7. The molecular weight excluding hydrogens is 299 g/mol. The van der Waals surface area contributed by atoms with E-state index in [1.54, 1.807) is 15.4 Å². The average Bonchev–Trinajstić information content (AvgIpc) is 3.00. The summed E-state index contributed by atoms with van der Waals surface area (Å²) >= 11 is 0. The van der Waals surface area contributed by atoms with Crippen molar-refractivity contribution in [2.75, 3.05) is 6.54 Å². The topological polar surface area (TPSA) is 59.7 Å². The molecule has 7 heteroatoms. The minimum atomic E-state index is -0.671. The molecule has 3 heterocycles. The number of rotatable bonds is 1. The largest absolute Gasteiger partial charge is 0.444 e. The lowest BCUT2D eigenvalue weighted by Crippen LogP contribution is -2.46. The van der Waals surface area contributed by atoms with Crippen LogP contribution in [0.15, 0.2) is 18.3 Å². The summed E-state index contributed by atoms with van der Waals surface area (Å²) in [4.78, 5) is 14.2. The monoisotopic (exact) mass is 320 g/mol. The molecule has 1 aliphatic heterocycles. The Balaban J connectivity index is 2.01. The predicted molar refractivity (Wildman–Crippen MR) is 82.5 cm³/mol. The fraction of sp³-hybridized carbons (Fsp3) is 0.562. The molecule has 1 saturated heterocycles. The van der Waals surface area contributed by atoms with Gasteiger partial charge in [0, 0.05) is 12.7 Å². The highest BCUT2D eigenvalue weighted by Crippen LogP contribution is 2.38. The number of ether oxygens (including phenoxy) is 1. The van der Waals surface area contributed by atoms with E-state index >= 15 is 0 Å². The first-order valence-electron chi connectivity index (χ1n) is 7.72. The zero-order valence-corrected chi connectivity index (χ0v) is 13.8. The summed E-state index contributed by atoms with van der Waals surface area (Å²) in [5, 5.41) is 8.30. The number of carbonyl (C=O) groups excluding carboxylic acids is 1. The molecule has 1 atom stereocenters. The van der Waals surface area contributed by atoms with Crippen LogP contribution in [-0.2, 0) is 10.3 Å². The Morgan fingerprint density at radius 3 is 2.78 bits per heavy atom. The number of amides is 1. The van der Waals surface area contributed by atoms with E-state index in [0.29, 0.717) is 18.0 Å². The van der Waals surface area contributed by atoms with E-state index in [-0.39, 0.29) is 11.9 Å². The van der Waals surface area contributed by atoms with Crippen molar-refractivity contribution in [3.63, 3.8) is 0 Å². The molecular formula is C16H21FN4O2. The van der Waals surface area contributed by atoms with Crippen LogP contribution < -0.4 is 0 Å². The van der Waals surface area contributed by atoms with Gasteiger partial charge in [-0.15, -0.1) is 10.2 Å². The van der Waals surface area contributed by atoms with E-state index in [4.69, 9.17) is 4.74 Å². The van der Waals surface area contributed by atoms with E-state index in [0.717, 1.165) is 12.8 Å². The van der Waals surface area contributed by atoms with Crippen LogP contribution >= 0.6 is 0 Å². The second kappa shape index (κ2) is 5.18. The number of hydrogen-bond donors (Lipinski definition) is 0. The minimum absolute atomic E-state index is 0.371. The Hall–Kier alpha value is -2.18. The smallest absolute Gasteiger partial charge is 0.411 e. The highest BCUT2D eigenvalue weighted by Gasteiger charge is 2.46. The van der Waals surface area contributed by atoms with Crippen LogP contribution in [0.4, 0.5) is 9.18 Å². The minimum Gasteiger partial charge on any atom is -0.444 e. The van der Waals surface area contributed by atoms with E-state index < -0.39 is 11.1 Å². The van der Waals surface area contributed by atoms with Crippen molar-refractivity contribution in [1.29, 1.82) is 0 Å². The standard InChI is InChI=1S/C16H21FN4O2/c1-15(2,3)23-14(22)21-9-5-8-16(21,4)13-19-18-12-7-6-11(17)10-20(12)13/h6-7,10H,5,8-9H2,1-4H3/t16-/m0/s1. The van der Waals surface area contributed by atoms with Gasteiger partial charge in [0.15, 0.2) is 11.5 Å². The quantitative estimate of drug-likeness (QED) is 0.810. The van der Waals surface area contributed by atoms with Crippen molar-refractivity contribution in [3.05, 3.63) is 30.0 Å². The Kier molecular flexibility index (Phi) is 3.54. The molecule has 23 heavy (non-hydrogen) atoms. The molecule has 124 valence electrons. The maximum absolute atomic E-state index is 13.6. The maximum Gasteiger partial charge on any atom is 0.411 e. The molecule has 0 N–H and O–H groups in total. The molecule has 2 aromatic rings. The molecule has 0 unspecified atom stereocenters.